The molecule has 152 valence electrons. The average Bonchev–Trinajstić information content (AvgIpc) is 3.14. The highest BCUT2D eigenvalue weighted by atomic mass is 35.5. The molecule has 1 N–H and O–H groups in total. The Morgan fingerprint density at radius 1 is 1.10 bits per heavy atom. The number of pyridine rings is 1. The average molecular weight is 414 g/mol. The molecule has 0 spiro atoms. The van der Waals surface area contributed by atoms with Crippen molar-refractivity contribution in [2.75, 3.05) is 11.4 Å². The molecule has 1 aliphatic carbocycles. The van der Waals surface area contributed by atoms with Gasteiger partial charge in [-0.25, -0.2) is 4.98 Å². The fourth-order valence-corrected chi connectivity index (χ4v) is 4.10. The van der Waals surface area contributed by atoms with Crippen LogP contribution in [-0.2, 0) is 9.59 Å². The normalized spacial score (nSPS) is 24.4. The third-order valence-electron chi connectivity index (χ3n) is 5.57. The van der Waals surface area contributed by atoms with E-state index in [1.807, 2.05) is 30.3 Å². The molecule has 1 aromatic carbocycles. The predicted molar refractivity (Wildman–Crippen MR) is 111 cm³/mol. The van der Waals surface area contributed by atoms with Crippen LogP contribution in [0.1, 0.15) is 32.1 Å². The summed E-state index contributed by atoms with van der Waals surface area (Å²) in [5.41, 5.74) is 0.848. The van der Waals surface area contributed by atoms with Crippen molar-refractivity contribution in [2.45, 2.75) is 44.2 Å². The molecule has 0 bridgehead atoms. The number of hydrogen-bond donors (Lipinski definition) is 1. The van der Waals surface area contributed by atoms with Gasteiger partial charge in [0, 0.05) is 37.0 Å². The van der Waals surface area contributed by atoms with Crippen LogP contribution in [0.5, 0.6) is 5.88 Å². The molecule has 1 saturated carbocycles. The smallest absolute Gasteiger partial charge is 0.227 e. The quantitative estimate of drug-likeness (QED) is 0.813. The van der Waals surface area contributed by atoms with Gasteiger partial charge in [0.15, 0.2) is 0 Å². The lowest BCUT2D eigenvalue weighted by atomic mass is 9.92. The molecule has 2 aliphatic rings. The second-order valence-electron chi connectivity index (χ2n) is 7.66. The van der Waals surface area contributed by atoms with Crippen molar-refractivity contribution in [1.82, 2.24) is 10.3 Å². The molecule has 7 heteroatoms. The molecule has 1 unspecified atom stereocenters. The van der Waals surface area contributed by atoms with Crippen LogP contribution >= 0.6 is 11.6 Å². The lowest BCUT2D eigenvalue weighted by Crippen LogP contribution is -2.43. The van der Waals surface area contributed by atoms with Gasteiger partial charge in [-0.15, -0.1) is 0 Å². The van der Waals surface area contributed by atoms with Crippen molar-refractivity contribution in [3.8, 4) is 5.88 Å². The fourth-order valence-electron chi connectivity index (χ4n) is 3.99. The SMILES string of the molecule is O=C(NC1CCC(Oc2ccc(Cl)cn2)CC1)C1CC(=O)N(c2ccccc2)C1. The lowest BCUT2D eigenvalue weighted by molar-refractivity contribution is -0.127. The number of halogens is 1. The summed E-state index contributed by atoms with van der Waals surface area (Å²) in [6.45, 7) is 0.440. The molecule has 4 rings (SSSR count). The zero-order valence-electron chi connectivity index (χ0n) is 16.1. The van der Waals surface area contributed by atoms with Crippen molar-refractivity contribution in [1.29, 1.82) is 0 Å². The highest BCUT2D eigenvalue weighted by Gasteiger charge is 2.36. The number of anilines is 1. The minimum absolute atomic E-state index is 0.00363. The van der Waals surface area contributed by atoms with Gasteiger partial charge in [-0.3, -0.25) is 9.59 Å². The molecule has 2 heterocycles. The van der Waals surface area contributed by atoms with Crippen molar-refractivity contribution >= 4 is 29.1 Å². The summed E-state index contributed by atoms with van der Waals surface area (Å²) in [7, 11) is 0. The Hall–Kier alpha value is -2.60. The van der Waals surface area contributed by atoms with Gasteiger partial charge in [0.25, 0.3) is 0 Å². The van der Waals surface area contributed by atoms with E-state index in [1.54, 1.807) is 23.2 Å². The number of nitrogens with one attached hydrogen (secondary N) is 1. The van der Waals surface area contributed by atoms with E-state index in [0.717, 1.165) is 31.4 Å². The standard InChI is InChI=1S/C22H24ClN3O3/c23-16-6-11-20(24-13-16)29-19-9-7-17(8-10-19)25-22(28)15-12-21(27)26(14-15)18-4-2-1-3-5-18/h1-6,11,13,15,17,19H,7-10,12,14H2,(H,25,28). The van der Waals surface area contributed by atoms with E-state index >= 15 is 0 Å². The molecule has 0 radical (unpaired) electrons. The summed E-state index contributed by atoms with van der Waals surface area (Å²) < 4.78 is 5.91. The zero-order valence-corrected chi connectivity index (χ0v) is 16.8. The summed E-state index contributed by atoms with van der Waals surface area (Å²) in [6.07, 6.45) is 5.36. The molecule has 1 atom stereocenters. The van der Waals surface area contributed by atoms with E-state index in [9.17, 15) is 9.59 Å². The van der Waals surface area contributed by atoms with Crippen LogP contribution < -0.4 is 15.0 Å². The second-order valence-corrected chi connectivity index (χ2v) is 8.09. The van der Waals surface area contributed by atoms with Crippen molar-refractivity contribution in [3.05, 3.63) is 53.7 Å². The number of para-hydroxylation sites is 1. The summed E-state index contributed by atoms with van der Waals surface area (Å²) in [5.74, 6) is 0.256. The van der Waals surface area contributed by atoms with Gasteiger partial charge in [-0.2, -0.15) is 0 Å². The van der Waals surface area contributed by atoms with Gasteiger partial charge in [-0.05, 0) is 43.9 Å². The number of benzene rings is 1. The van der Waals surface area contributed by atoms with Crippen LogP contribution in [0.25, 0.3) is 0 Å². The van der Waals surface area contributed by atoms with Crippen LogP contribution in [0, 0.1) is 5.92 Å². The van der Waals surface area contributed by atoms with E-state index < -0.39 is 0 Å². The van der Waals surface area contributed by atoms with E-state index in [2.05, 4.69) is 10.3 Å². The molecule has 2 amide bonds. The van der Waals surface area contributed by atoms with E-state index in [-0.39, 0.29) is 36.3 Å². The molecule has 1 saturated heterocycles. The maximum Gasteiger partial charge on any atom is 0.227 e. The van der Waals surface area contributed by atoms with Crippen molar-refractivity contribution in [2.24, 2.45) is 5.92 Å². The third-order valence-corrected chi connectivity index (χ3v) is 5.80. The van der Waals surface area contributed by atoms with Crippen molar-refractivity contribution in [3.63, 3.8) is 0 Å². The lowest BCUT2D eigenvalue weighted by Gasteiger charge is -2.29. The van der Waals surface area contributed by atoms with Crippen LogP contribution in [0.15, 0.2) is 48.7 Å². The number of aromatic nitrogens is 1. The Bertz CT molecular complexity index is 851. The van der Waals surface area contributed by atoms with E-state index in [4.69, 9.17) is 16.3 Å². The Labute approximate surface area is 175 Å². The van der Waals surface area contributed by atoms with Gasteiger partial charge < -0.3 is 15.0 Å². The number of ether oxygens (including phenoxy) is 1. The number of rotatable bonds is 5. The Balaban J connectivity index is 1.25. The molecule has 2 fully saturated rings. The van der Waals surface area contributed by atoms with E-state index in [1.165, 1.54) is 0 Å². The molecule has 6 nitrogen and oxygen atoms in total. The van der Waals surface area contributed by atoms with Crippen LogP contribution in [0.2, 0.25) is 5.02 Å². The van der Waals surface area contributed by atoms with Gasteiger partial charge >= 0.3 is 0 Å². The summed E-state index contributed by atoms with van der Waals surface area (Å²) in [5, 5.41) is 3.72. The maximum atomic E-state index is 12.7. The molecule has 1 aliphatic heterocycles. The third kappa shape index (κ3) is 4.88. The van der Waals surface area contributed by atoms with Gasteiger partial charge in [0.2, 0.25) is 17.7 Å². The minimum atomic E-state index is -0.296. The molecule has 2 aromatic rings. The van der Waals surface area contributed by atoms with Gasteiger partial charge in [-0.1, -0.05) is 29.8 Å². The van der Waals surface area contributed by atoms with Crippen LogP contribution in [0.3, 0.4) is 0 Å². The minimum Gasteiger partial charge on any atom is -0.474 e. The number of carbonyl (C=O) groups excluding carboxylic acids is 2. The monoisotopic (exact) mass is 413 g/mol. The predicted octanol–water partition coefficient (Wildman–Crippen LogP) is 3.59. The Kier molecular flexibility index (Phi) is 6.00. The second kappa shape index (κ2) is 8.82. The zero-order chi connectivity index (χ0) is 20.2. The Morgan fingerprint density at radius 2 is 1.86 bits per heavy atom. The first-order chi connectivity index (χ1) is 14.1. The highest BCUT2D eigenvalue weighted by Crippen LogP contribution is 2.27. The summed E-state index contributed by atoms with van der Waals surface area (Å²) >= 11 is 5.85. The number of amides is 2. The van der Waals surface area contributed by atoms with E-state index in [0.29, 0.717) is 17.4 Å². The Morgan fingerprint density at radius 3 is 2.55 bits per heavy atom. The van der Waals surface area contributed by atoms with Crippen LogP contribution in [0.4, 0.5) is 5.69 Å². The first-order valence-corrected chi connectivity index (χ1v) is 10.4. The first-order valence-electron chi connectivity index (χ1n) is 10.0. The largest absolute Gasteiger partial charge is 0.474 e. The van der Waals surface area contributed by atoms with Gasteiger partial charge in [0.05, 0.1) is 10.9 Å². The van der Waals surface area contributed by atoms with Crippen molar-refractivity contribution < 1.29 is 14.3 Å². The molecule has 29 heavy (non-hydrogen) atoms. The topological polar surface area (TPSA) is 71.5 Å². The highest BCUT2D eigenvalue weighted by molar-refractivity contribution is 6.30. The molecular formula is C22H24ClN3O3. The summed E-state index contributed by atoms with van der Waals surface area (Å²) in [4.78, 5) is 30.9. The molecule has 1 aromatic heterocycles. The molecular weight excluding hydrogens is 390 g/mol. The number of nitrogens with zero attached hydrogens (tertiary/aromatic N) is 2. The maximum absolute atomic E-state index is 12.7. The number of carbonyl (C=O) groups is 2. The fraction of sp³-hybridized carbons (Fsp3) is 0.409. The summed E-state index contributed by atoms with van der Waals surface area (Å²) in [6, 6.07) is 13.2. The number of hydrogen-bond acceptors (Lipinski definition) is 4. The van der Waals surface area contributed by atoms with Gasteiger partial charge in [0.1, 0.15) is 6.10 Å². The van der Waals surface area contributed by atoms with Crippen LogP contribution in [-0.4, -0.2) is 35.5 Å². The first kappa shape index (κ1) is 19.7.